The van der Waals surface area contributed by atoms with E-state index < -0.39 is 10.0 Å². The van der Waals surface area contributed by atoms with Crippen molar-refractivity contribution in [2.24, 2.45) is 0 Å². The third kappa shape index (κ3) is 2.56. The van der Waals surface area contributed by atoms with Crippen molar-refractivity contribution in [3.05, 3.63) is 40.5 Å². The molecule has 0 bridgehead atoms. The molecule has 106 valence electrons. The van der Waals surface area contributed by atoms with Gasteiger partial charge in [-0.3, -0.25) is 4.72 Å². The van der Waals surface area contributed by atoms with Crippen molar-refractivity contribution >= 4 is 27.0 Å². The molecule has 0 fully saturated rings. The Hall–Kier alpha value is -1.44. The van der Waals surface area contributed by atoms with Crippen LogP contribution in [0.15, 0.2) is 28.6 Å². The smallest absolute Gasteiger partial charge is 0.273 e. The van der Waals surface area contributed by atoms with Gasteiger partial charge in [-0.05, 0) is 37.1 Å². The molecular formula is C13H15N3O2S2. The molecule has 2 aromatic rings. The van der Waals surface area contributed by atoms with Crippen molar-refractivity contribution in [1.82, 2.24) is 10.3 Å². The molecule has 7 heteroatoms. The number of aromatic nitrogens is 1. The lowest BCUT2D eigenvalue weighted by molar-refractivity contribution is 0.602. The lowest BCUT2D eigenvalue weighted by Crippen LogP contribution is -2.25. The average molecular weight is 309 g/mol. The van der Waals surface area contributed by atoms with E-state index in [4.69, 9.17) is 0 Å². The van der Waals surface area contributed by atoms with E-state index in [0.29, 0.717) is 12.2 Å². The summed E-state index contributed by atoms with van der Waals surface area (Å²) in [5, 5.41) is 4.00. The number of hydrogen-bond acceptors (Lipinski definition) is 5. The van der Waals surface area contributed by atoms with Crippen molar-refractivity contribution in [2.75, 3.05) is 11.3 Å². The summed E-state index contributed by atoms with van der Waals surface area (Å²) in [6, 6.07) is 5.74. The highest BCUT2D eigenvalue weighted by Crippen LogP contribution is 2.27. The van der Waals surface area contributed by atoms with Gasteiger partial charge in [0.15, 0.2) is 4.21 Å². The predicted octanol–water partition coefficient (Wildman–Crippen LogP) is 1.90. The van der Waals surface area contributed by atoms with Gasteiger partial charge in [0.25, 0.3) is 10.0 Å². The standard InChI is InChI=1S/C13H15N3O2S2/c1-9-15-8-13(19-9)20(17,18)16-12-4-2-3-10-5-6-14-7-11(10)12/h2-4,8,14,16H,5-7H2,1H3. The van der Waals surface area contributed by atoms with Crippen LogP contribution in [-0.2, 0) is 23.0 Å². The van der Waals surface area contributed by atoms with Gasteiger partial charge in [0.05, 0.1) is 16.9 Å². The molecule has 2 N–H and O–H groups in total. The van der Waals surface area contributed by atoms with Gasteiger partial charge >= 0.3 is 0 Å². The van der Waals surface area contributed by atoms with Gasteiger partial charge in [0.1, 0.15) is 0 Å². The number of sulfonamides is 1. The number of thiazole rings is 1. The van der Waals surface area contributed by atoms with Crippen LogP contribution in [0.25, 0.3) is 0 Å². The summed E-state index contributed by atoms with van der Waals surface area (Å²) in [5.74, 6) is 0. The molecule has 0 aliphatic carbocycles. The quantitative estimate of drug-likeness (QED) is 0.908. The maximum absolute atomic E-state index is 12.3. The molecule has 1 aliphatic rings. The maximum Gasteiger partial charge on any atom is 0.273 e. The Bertz CT molecular complexity index is 738. The fourth-order valence-corrected chi connectivity index (χ4v) is 4.47. The van der Waals surface area contributed by atoms with E-state index >= 15 is 0 Å². The molecule has 1 aromatic carbocycles. The third-order valence-corrected chi connectivity index (χ3v) is 5.99. The summed E-state index contributed by atoms with van der Waals surface area (Å²) in [4.78, 5) is 4.00. The molecule has 3 rings (SSSR count). The molecular weight excluding hydrogens is 294 g/mol. The zero-order chi connectivity index (χ0) is 14.2. The molecule has 0 atom stereocenters. The van der Waals surface area contributed by atoms with Gasteiger partial charge in [-0.25, -0.2) is 13.4 Å². The van der Waals surface area contributed by atoms with Crippen LogP contribution in [0, 0.1) is 6.92 Å². The van der Waals surface area contributed by atoms with E-state index in [1.54, 1.807) is 13.0 Å². The molecule has 1 aliphatic heterocycles. The zero-order valence-corrected chi connectivity index (χ0v) is 12.6. The fraction of sp³-hybridized carbons (Fsp3) is 0.308. The lowest BCUT2D eigenvalue weighted by Gasteiger charge is -2.20. The first-order valence-corrected chi connectivity index (χ1v) is 8.63. The summed E-state index contributed by atoms with van der Waals surface area (Å²) in [6.45, 7) is 3.41. The van der Waals surface area contributed by atoms with E-state index in [0.717, 1.165) is 23.5 Å². The number of nitrogens with zero attached hydrogens (tertiary/aromatic N) is 1. The van der Waals surface area contributed by atoms with Crippen LogP contribution in [0.2, 0.25) is 0 Å². The van der Waals surface area contributed by atoms with Crippen LogP contribution in [0.4, 0.5) is 5.69 Å². The summed E-state index contributed by atoms with van der Waals surface area (Å²) in [5.41, 5.74) is 2.88. The van der Waals surface area contributed by atoms with Gasteiger partial charge < -0.3 is 5.32 Å². The van der Waals surface area contributed by atoms with E-state index in [9.17, 15) is 8.42 Å². The Morgan fingerprint density at radius 3 is 3.00 bits per heavy atom. The average Bonchev–Trinajstić information content (AvgIpc) is 2.86. The molecule has 20 heavy (non-hydrogen) atoms. The van der Waals surface area contributed by atoms with Crippen LogP contribution in [0.3, 0.4) is 0 Å². The number of nitrogens with one attached hydrogen (secondary N) is 2. The lowest BCUT2D eigenvalue weighted by atomic mass is 10.00. The van der Waals surface area contributed by atoms with Crippen LogP contribution in [-0.4, -0.2) is 19.9 Å². The Balaban J connectivity index is 1.95. The van der Waals surface area contributed by atoms with Gasteiger partial charge in [-0.15, -0.1) is 11.3 Å². The molecule has 0 saturated carbocycles. The van der Waals surface area contributed by atoms with Gasteiger partial charge in [0, 0.05) is 6.54 Å². The zero-order valence-electron chi connectivity index (χ0n) is 11.0. The maximum atomic E-state index is 12.3. The van der Waals surface area contributed by atoms with Crippen molar-refractivity contribution in [3.8, 4) is 0 Å². The Kier molecular flexibility index (Phi) is 3.49. The second-order valence-electron chi connectivity index (χ2n) is 4.67. The summed E-state index contributed by atoms with van der Waals surface area (Å²) in [6.07, 6.45) is 2.32. The second-order valence-corrected chi connectivity index (χ2v) is 7.82. The van der Waals surface area contributed by atoms with Crippen molar-refractivity contribution < 1.29 is 8.42 Å². The van der Waals surface area contributed by atoms with Crippen LogP contribution in [0.1, 0.15) is 16.1 Å². The first-order valence-electron chi connectivity index (χ1n) is 6.33. The molecule has 2 heterocycles. The highest BCUT2D eigenvalue weighted by molar-refractivity contribution is 7.94. The molecule has 0 saturated heterocycles. The normalized spacial score (nSPS) is 14.8. The molecule has 0 unspecified atom stereocenters. The molecule has 0 spiro atoms. The van der Waals surface area contributed by atoms with Gasteiger partial charge in [0.2, 0.25) is 0 Å². The highest BCUT2D eigenvalue weighted by Gasteiger charge is 2.20. The van der Waals surface area contributed by atoms with E-state index in [1.165, 1.54) is 23.1 Å². The number of hydrogen-bond donors (Lipinski definition) is 2. The van der Waals surface area contributed by atoms with Gasteiger partial charge in [-0.2, -0.15) is 0 Å². The second kappa shape index (κ2) is 5.16. The van der Waals surface area contributed by atoms with Crippen LogP contribution in [0.5, 0.6) is 0 Å². The van der Waals surface area contributed by atoms with Crippen molar-refractivity contribution in [2.45, 2.75) is 24.1 Å². The number of fused-ring (bicyclic) bond motifs is 1. The first kappa shape index (κ1) is 13.5. The minimum absolute atomic E-state index is 0.247. The Morgan fingerprint density at radius 1 is 1.40 bits per heavy atom. The number of benzene rings is 1. The first-order chi connectivity index (χ1) is 9.56. The SMILES string of the molecule is Cc1ncc(S(=O)(=O)Nc2cccc3c2CNCC3)s1. The van der Waals surface area contributed by atoms with Crippen molar-refractivity contribution in [1.29, 1.82) is 0 Å². The van der Waals surface area contributed by atoms with Gasteiger partial charge in [-0.1, -0.05) is 12.1 Å². The number of aryl methyl sites for hydroxylation is 1. The number of rotatable bonds is 3. The van der Waals surface area contributed by atoms with E-state index in [2.05, 4.69) is 15.0 Å². The fourth-order valence-electron chi connectivity index (χ4n) is 2.27. The largest absolute Gasteiger partial charge is 0.312 e. The monoisotopic (exact) mass is 309 g/mol. The van der Waals surface area contributed by atoms with Crippen molar-refractivity contribution in [3.63, 3.8) is 0 Å². The van der Waals surface area contributed by atoms with Crippen LogP contribution < -0.4 is 10.0 Å². The summed E-state index contributed by atoms with van der Waals surface area (Å²) < 4.78 is 27.6. The summed E-state index contributed by atoms with van der Waals surface area (Å²) in [7, 11) is -3.55. The summed E-state index contributed by atoms with van der Waals surface area (Å²) >= 11 is 1.17. The third-order valence-electron chi connectivity index (χ3n) is 3.26. The molecule has 5 nitrogen and oxygen atoms in total. The Morgan fingerprint density at radius 2 is 2.25 bits per heavy atom. The van der Waals surface area contributed by atoms with Crippen LogP contribution >= 0.6 is 11.3 Å². The molecule has 1 aromatic heterocycles. The Labute approximate surface area is 122 Å². The topological polar surface area (TPSA) is 71.1 Å². The van der Waals surface area contributed by atoms with E-state index in [1.807, 2.05) is 12.1 Å². The number of anilines is 1. The minimum atomic E-state index is -3.55. The highest BCUT2D eigenvalue weighted by atomic mass is 32.2. The molecule has 0 amide bonds. The molecule has 0 radical (unpaired) electrons. The predicted molar refractivity (Wildman–Crippen MR) is 79.5 cm³/mol. The van der Waals surface area contributed by atoms with E-state index in [-0.39, 0.29) is 4.21 Å². The minimum Gasteiger partial charge on any atom is -0.312 e.